The number of likely N-dealkylation sites (N-methyl/N-ethyl adjacent to an activating group) is 1. The summed E-state index contributed by atoms with van der Waals surface area (Å²) in [6.45, 7) is 0. The van der Waals surface area contributed by atoms with Crippen LogP contribution in [-0.2, 0) is 22.4 Å². The summed E-state index contributed by atoms with van der Waals surface area (Å²) in [7, 11) is 4.74. The maximum Gasteiger partial charge on any atom is 0.228 e. The molecule has 2 N–H and O–H groups in total. The second-order valence-electron chi connectivity index (χ2n) is 5.45. The van der Waals surface area contributed by atoms with Crippen LogP contribution in [0.1, 0.15) is 11.1 Å². The van der Waals surface area contributed by atoms with Gasteiger partial charge in [-0.1, -0.05) is 12.1 Å². The Balaban J connectivity index is 2.01. The zero-order valence-corrected chi connectivity index (χ0v) is 14.6. The van der Waals surface area contributed by atoms with Gasteiger partial charge < -0.3 is 20.1 Å². The lowest BCUT2D eigenvalue weighted by Crippen LogP contribution is -2.20. The van der Waals surface area contributed by atoms with Crippen molar-refractivity contribution in [2.75, 3.05) is 26.6 Å². The molecule has 0 aromatic heterocycles. The van der Waals surface area contributed by atoms with Gasteiger partial charge in [0.15, 0.2) is 0 Å². The molecule has 0 bridgehead atoms. The second kappa shape index (κ2) is 8.73. The molecule has 6 heteroatoms. The third kappa shape index (κ3) is 5.24. The van der Waals surface area contributed by atoms with Crippen LogP contribution < -0.4 is 20.1 Å². The smallest absolute Gasteiger partial charge is 0.228 e. The zero-order chi connectivity index (χ0) is 18.2. The van der Waals surface area contributed by atoms with Gasteiger partial charge in [-0.3, -0.25) is 9.59 Å². The number of hydrogen-bond acceptors (Lipinski definition) is 4. The van der Waals surface area contributed by atoms with E-state index in [1.54, 1.807) is 51.6 Å². The highest BCUT2D eigenvalue weighted by Crippen LogP contribution is 2.24. The number of ether oxygens (including phenoxy) is 2. The summed E-state index contributed by atoms with van der Waals surface area (Å²) < 4.78 is 10.5. The molecule has 0 aliphatic carbocycles. The van der Waals surface area contributed by atoms with Crippen molar-refractivity contribution in [2.45, 2.75) is 12.8 Å². The Morgan fingerprint density at radius 3 is 2.24 bits per heavy atom. The van der Waals surface area contributed by atoms with E-state index in [1.807, 2.05) is 12.1 Å². The van der Waals surface area contributed by atoms with Crippen molar-refractivity contribution in [3.05, 3.63) is 53.6 Å². The van der Waals surface area contributed by atoms with Gasteiger partial charge in [0, 0.05) is 18.3 Å². The van der Waals surface area contributed by atoms with Gasteiger partial charge in [-0.2, -0.15) is 0 Å². The first-order valence-corrected chi connectivity index (χ1v) is 7.86. The summed E-state index contributed by atoms with van der Waals surface area (Å²) in [5, 5.41) is 5.41. The average Bonchev–Trinajstić information content (AvgIpc) is 2.63. The molecule has 0 heterocycles. The van der Waals surface area contributed by atoms with Crippen molar-refractivity contribution in [3.63, 3.8) is 0 Å². The number of amides is 2. The maximum absolute atomic E-state index is 12.3. The molecule has 6 nitrogen and oxygen atoms in total. The number of carbonyl (C=O) groups excluding carboxylic acids is 2. The van der Waals surface area contributed by atoms with Crippen molar-refractivity contribution in [3.8, 4) is 11.5 Å². The summed E-state index contributed by atoms with van der Waals surface area (Å²) in [6.07, 6.45) is 0.478. The normalized spacial score (nSPS) is 10.0. The van der Waals surface area contributed by atoms with Gasteiger partial charge in [0.05, 0.1) is 27.1 Å². The third-order valence-corrected chi connectivity index (χ3v) is 3.72. The van der Waals surface area contributed by atoms with Crippen molar-refractivity contribution in [2.24, 2.45) is 0 Å². The van der Waals surface area contributed by atoms with E-state index >= 15 is 0 Å². The minimum atomic E-state index is -0.161. The SMILES string of the molecule is CNC(=O)Cc1ccc(NC(=O)Cc2cc(OC)ccc2OC)cc1. The van der Waals surface area contributed by atoms with Gasteiger partial charge in [-0.15, -0.1) is 0 Å². The summed E-state index contributed by atoms with van der Waals surface area (Å²) in [6, 6.07) is 12.5. The van der Waals surface area contributed by atoms with Gasteiger partial charge in [0.2, 0.25) is 11.8 Å². The fourth-order valence-electron chi connectivity index (χ4n) is 2.38. The van der Waals surface area contributed by atoms with E-state index in [2.05, 4.69) is 10.6 Å². The molecule has 2 aromatic rings. The molecule has 0 saturated heterocycles. The Morgan fingerprint density at radius 1 is 0.920 bits per heavy atom. The van der Waals surface area contributed by atoms with Crippen molar-refractivity contribution >= 4 is 17.5 Å². The Hall–Kier alpha value is -3.02. The molecule has 2 aromatic carbocycles. The molecule has 0 unspecified atom stereocenters. The summed E-state index contributed by atoms with van der Waals surface area (Å²) in [5.74, 6) is 1.09. The second-order valence-corrected chi connectivity index (χ2v) is 5.45. The van der Waals surface area contributed by atoms with Crippen LogP contribution in [0.5, 0.6) is 11.5 Å². The largest absolute Gasteiger partial charge is 0.497 e. The maximum atomic E-state index is 12.3. The highest BCUT2D eigenvalue weighted by Gasteiger charge is 2.11. The van der Waals surface area contributed by atoms with Gasteiger partial charge in [0.1, 0.15) is 11.5 Å². The number of anilines is 1. The van der Waals surface area contributed by atoms with Crippen LogP contribution in [0, 0.1) is 0 Å². The van der Waals surface area contributed by atoms with E-state index in [0.717, 1.165) is 11.1 Å². The molecule has 25 heavy (non-hydrogen) atoms. The van der Waals surface area contributed by atoms with Crippen LogP contribution in [0.2, 0.25) is 0 Å². The van der Waals surface area contributed by atoms with E-state index in [1.165, 1.54) is 0 Å². The zero-order valence-electron chi connectivity index (χ0n) is 14.6. The molecule has 0 atom stereocenters. The van der Waals surface area contributed by atoms with E-state index in [9.17, 15) is 9.59 Å². The minimum absolute atomic E-state index is 0.0538. The van der Waals surface area contributed by atoms with Crippen LogP contribution in [0.15, 0.2) is 42.5 Å². The lowest BCUT2D eigenvalue weighted by atomic mass is 10.1. The Bertz CT molecular complexity index is 742. The summed E-state index contributed by atoms with van der Waals surface area (Å²) in [4.78, 5) is 23.6. The fourth-order valence-corrected chi connectivity index (χ4v) is 2.38. The van der Waals surface area contributed by atoms with Gasteiger partial charge >= 0.3 is 0 Å². The van der Waals surface area contributed by atoms with E-state index < -0.39 is 0 Å². The lowest BCUT2D eigenvalue weighted by molar-refractivity contribution is -0.120. The highest BCUT2D eigenvalue weighted by molar-refractivity contribution is 5.92. The Kier molecular flexibility index (Phi) is 6.39. The molecule has 0 aliphatic rings. The predicted molar refractivity (Wildman–Crippen MR) is 96.1 cm³/mol. The molecular weight excluding hydrogens is 320 g/mol. The van der Waals surface area contributed by atoms with Gasteiger partial charge in [-0.25, -0.2) is 0 Å². The molecular formula is C19H22N2O4. The summed E-state index contributed by atoms with van der Waals surface area (Å²) in [5.41, 5.74) is 2.30. The fraction of sp³-hybridized carbons (Fsp3) is 0.263. The van der Waals surface area contributed by atoms with Gasteiger partial charge in [-0.05, 0) is 35.9 Å². The third-order valence-electron chi connectivity index (χ3n) is 3.72. The number of carbonyl (C=O) groups is 2. The first-order chi connectivity index (χ1) is 12.0. The quantitative estimate of drug-likeness (QED) is 0.808. The minimum Gasteiger partial charge on any atom is -0.497 e. The summed E-state index contributed by atoms with van der Waals surface area (Å²) >= 11 is 0. The van der Waals surface area contributed by atoms with Crippen LogP contribution in [0.25, 0.3) is 0 Å². The molecule has 2 amide bonds. The van der Waals surface area contributed by atoms with Crippen LogP contribution in [0.3, 0.4) is 0 Å². The van der Waals surface area contributed by atoms with E-state index in [-0.39, 0.29) is 18.2 Å². The number of nitrogens with one attached hydrogen (secondary N) is 2. The molecule has 0 fully saturated rings. The highest BCUT2D eigenvalue weighted by atomic mass is 16.5. The van der Waals surface area contributed by atoms with Crippen LogP contribution in [0.4, 0.5) is 5.69 Å². The molecule has 0 saturated carbocycles. The first kappa shape index (κ1) is 18.3. The lowest BCUT2D eigenvalue weighted by Gasteiger charge is -2.11. The Labute approximate surface area is 147 Å². The topological polar surface area (TPSA) is 76.7 Å². The monoisotopic (exact) mass is 342 g/mol. The van der Waals surface area contributed by atoms with Crippen LogP contribution >= 0.6 is 0 Å². The number of rotatable bonds is 7. The molecule has 2 rings (SSSR count). The van der Waals surface area contributed by atoms with Gasteiger partial charge in [0.25, 0.3) is 0 Å². The predicted octanol–water partition coefficient (Wildman–Crippen LogP) is 2.17. The van der Waals surface area contributed by atoms with E-state index in [0.29, 0.717) is 23.6 Å². The van der Waals surface area contributed by atoms with Crippen molar-refractivity contribution < 1.29 is 19.1 Å². The van der Waals surface area contributed by atoms with Crippen molar-refractivity contribution in [1.29, 1.82) is 0 Å². The van der Waals surface area contributed by atoms with E-state index in [4.69, 9.17) is 9.47 Å². The van der Waals surface area contributed by atoms with Crippen LogP contribution in [-0.4, -0.2) is 33.1 Å². The average molecular weight is 342 g/mol. The number of hydrogen-bond donors (Lipinski definition) is 2. The standard InChI is InChI=1S/C19H22N2O4/c1-20-18(22)10-13-4-6-15(7-5-13)21-19(23)12-14-11-16(24-2)8-9-17(14)25-3/h4-9,11H,10,12H2,1-3H3,(H,20,22)(H,21,23). The number of methoxy groups -OCH3 is 2. The molecule has 0 aliphatic heterocycles. The van der Waals surface area contributed by atoms with Crippen molar-refractivity contribution in [1.82, 2.24) is 5.32 Å². The number of benzene rings is 2. The molecule has 0 radical (unpaired) electrons. The molecule has 0 spiro atoms. The Morgan fingerprint density at radius 2 is 1.64 bits per heavy atom. The first-order valence-electron chi connectivity index (χ1n) is 7.86. The molecule has 132 valence electrons.